The number of hydrogen-bond acceptors (Lipinski definition) is 5. The molecule has 0 fully saturated rings. The summed E-state index contributed by atoms with van der Waals surface area (Å²) in [5, 5.41) is 2.45. The third-order valence-electron chi connectivity index (χ3n) is 2.77. The van der Waals surface area contributed by atoms with Crippen molar-refractivity contribution in [3.05, 3.63) is 35.9 Å². The molecule has 0 spiro atoms. The van der Waals surface area contributed by atoms with Crippen molar-refractivity contribution in [3.63, 3.8) is 0 Å². The van der Waals surface area contributed by atoms with Crippen molar-refractivity contribution in [2.45, 2.75) is 51.9 Å². The fourth-order valence-electron chi connectivity index (χ4n) is 1.76. The zero-order valence-corrected chi connectivity index (χ0v) is 13.7. The lowest BCUT2D eigenvalue weighted by atomic mass is 10.1. The van der Waals surface area contributed by atoms with Crippen LogP contribution in [0.4, 0.5) is 4.79 Å². The van der Waals surface area contributed by atoms with Gasteiger partial charge in [0.15, 0.2) is 0 Å². The van der Waals surface area contributed by atoms with E-state index in [1.165, 1.54) is 0 Å². The molecule has 0 radical (unpaired) electrons. The van der Waals surface area contributed by atoms with Crippen LogP contribution >= 0.6 is 0 Å². The number of rotatable bonds is 7. The van der Waals surface area contributed by atoms with E-state index in [0.29, 0.717) is 6.29 Å². The molecule has 126 valence electrons. The maximum absolute atomic E-state index is 12.1. The minimum absolute atomic E-state index is 0.104. The molecule has 0 saturated carbocycles. The minimum Gasteiger partial charge on any atom is -0.459 e. The standard InChI is InChI=1S/C17H23NO5/c1-17(2,3)23-16(21)18-14(10-7-11-19)15(20)22-12-13-8-5-4-6-9-13/h4-6,8-9,11,14H,7,10,12H2,1-3H3,(H,18,21)/t14-/m0/s1. The summed E-state index contributed by atoms with van der Waals surface area (Å²) in [5.74, 6) is -0.596. The van der Waals surface area contributed by atoms with Crippen LogP contribution in [-0.4, -0.2) is 30.0 Å². The van der Waals surface area contributed by atoms with Crippen molar-refractivity contribution >= 4 is 18.3 Å². The highest BCUT2D eigenvalue weighted by Gasteiger charge is 2.25. The molecule has 0 heterocycles. The van der Waals surface area contributed by atoms with Crippen LogP contribution < -0.4 is 5.32 Å². The lowest BCUT2D eigenvalue weighted by Gasteiger charge is -2.22. The van der Waals surface area contributed by atoms with Gasteiger partial charge in [-0.3, -0.25) is 0 Å². The van der Waals surface area contributed by atoms with Gasteiger partial charge in [0, 0.05) is 6.42 Å². The zero-order chi connectivity index (χ0) is 17.3. The molecule has 0 aliphatic carbocycles. The van der Waals surface area contributed by atoms with Crippen LogP contribution in [0.15, 0.2) is 30.3 Å². The number of carbonyl (C=O) groups excluding carboxylic acids is 3. The number of ether oxygens (including phenoxy) is 2. The summed E-state index contributed by atoms with van der Waals surface area (Å²) in [6.07, 6.45) is 0.274. The molecule has 6 nitrogen and oxygen atoms in total. The van der Waals surface area contributed by atoms with Gasteiger partial charge < -0.3 is 19.6 Å². The van der Waals surface area contributed by atoms with Crippen molar-refractivity contribution in [2.24, 2.45) is 0 Å². The lowest BCUT2D eigenvalue weighted by molar-refractivity contribution is -0.147. The maximum atomic E-state index is 12.1. The summed E-state index contributed by atoms with van der Waals surface area (Å²) in [5.41, 5.74) is 0.167. The van der Waals surface area contributed by atoms with E-state index in [1.807, 2.05) is 30.3 Å². The molecule has 0 aromatic heterocycles. The van der Waals surface area contributed by atoms with Gasteiger partial charge >= 0.3 is 12.1 Å². The minimum atomic E-state index is -0.918. The predicted molar refractivity (Wildman–Crippen MR) is 84.7 cm³/mol. The molecule has 1 amide bonds. The van der Waals surface area contributed by atoms with Crippen molar-refractivity contribution < 1.29 is 23.9 Å². The Morgan fingerprint density at radius 3 is 2.43 bits per heavy atom. The van der Waals surface area contributed by atoms with E-state index in [2.05, 4.69) is 5.32 Å². The van der Waals surface area contributed by atoms with Crippen LogP contribution in [0, 0.1) is 0 Å². The molecular weight excluding hydrogens is 298 g/mol. The first-order valence-electron chi connectivity index (χ1n) is 7.45. The third-order valence-corrected chi connectivity index (χ3v) is 2.77. The molecule has 1 N–H and O–H groups in total. The Kier molecular flexibility index (Phi) is 7.25. The monoisotopic (exact) mass is 321 g/mol. The first kappa shape index (κ1) is 18.7. The van der Waals surface area contributed by atoms with Crippen LogP contribution in [0.3, 0.4) is 0 Å². The van der Waals surface area contributed by atoms with E-state index >= 15 is 0 Å². The Hall–Kier alpha value is -2.37. The summed E-state index contributed by atoms with van der Waals surface area (Å²) in [6.45, 7) is 5.27. The van der Waals surface area contributed by atoms with Gasteiger partial charge in [0.2, 0.25) is 0 Å². The van der Waals surface area contributed by atoms with Crippen molar-refractivity contribution in [1.82, 2.24) is 5.32 Å². The topological polar surface area (TPSA) is 81.7 Å². The largest absolute Gasteiger partial charge is 0.459 e. The number of alkyl carbamates (subject to hydrolysis) is 1. The second-order valence-electron chi connectivity index (χ2n) is 6.04. The highest BCUT2D eigenvalue weighted by atomic mass is 16.6. The summed E-state index contributed by atoms with van der Waals surface area (Å²) in [4.78, 5) is 34.4. The van der Waals surface area contributed by atoms with Crippen LogP contribution in [0.25, 0.3) is 0 Å². The molecule has 1 atom stereocenters. The van der Waals surface area contributed by atoms with Gasteiger partial charge in [-0.15, -0.1) is 0 Å². The number of aldehydes is 1. The molecule has 1 rings (SSSR count). The van der Waals surface area contributed by atoms with E-state index in [1.54, 1.807) is 20.8 Å². The van der Waals surface area contributed by atoms with E-state index in [4.69, 9.17) is 9.47 Å². The van der Waals surface area contributed by atoms with Gasteiger partial charge in [-0.25, -0.2) is 9.59 Å². The zero-order valence-electron chi connectivity index (χ0n) is 13.7. The molecule has 0 saturated heterocycles. The smallest absolute Gasteiger partial charge is 0.408 e. The second-order valence-corrected chi connectivity index (χ2v) is 6.04. The van der Waals surface area contributed by atoms with E-state index in [-0.39, 0.29) is 19.4 Å². The average Bonchev–Trinajstić information content (AvgIpc) is 2.48. The molecule has 1 aromatic rings. The van der Waals surface area contributed by atoms with Crippen molar-refractivity contribution in [2.75, 3.05) is 0 Å². The average molecular weight is 321 g/mol. The van der Waals surface area contributed by atoms with Gasteiger partial charge in [0.1, 0.15) is 24.5 Å². The molecule has 23 heavy (non-hydrogen) atoms. The highest BCUT2D eigenvalue weighted by Crippen LogP contribution is 2.09. The summed E-state index contributed by atoms with van der Waals surface area (Å²) < 4.78 is 10.3. The molecule has 1 aromatic carbocycles. The third kappa shape index (κ3) is 7.99. The van der Waals surface area contributed by atoms with Gasteiger partial charge in [0.05, 0.1) is 0 Å². The molecule has 6 heteroatoms. The number of carbonyl (C=O) groups is 3. The fraction of sp³-hybridized carbons (Fsp3) is 0.471. The van der Waals surface area contributed by atoms with E-state index in [9.17, 15) is 14.4 Å². The number of esters is 1. The second kappa shape index (κ2) is 8.92. The Balaban J connectivity index is 2.59. The number of benzene rings is 1. The fourth-order valence-corrected chi connectivity index (χ4v) is 1.76. The first-order chi connectivity index (χ1) is 10.8. The maximum Gasteiger partial charge on any atom is 0.408 e. The summed E-state index contributed by atoms with van der Waals surface area (Å²) >= 11 is 0. The van der Waals surface area contributed by atoms with Crippen LogP contribution in [-0.2, 0) is 25.7 Å². The first-order valence-corrected chi connectivity index (χ1v) is 7.45. The molecule has 0 bridgehead atoms. The van der Waals surface area contributed by atoms with Crippen molar-refractivity contribution in [1.29, 1.82) is 0 Å². The molecule has 0 unspecified atom stereocenters. The van der Waals surface area contributed by atoms with Gasteiger partial charge in [0.25, 0.3) is 0 Å². The quantitative estimate of drug-likeness (QED) is 0.616. The van der Waals surface area contributed by atoms with E-state index in [0.717, 1.165) is 5.56 Å². The molecule has 0 aliphatic heterocycles. The Morgan fingerprint density at radius 1 is 1.22 bits per heavy atom. The number of hydrogen-bond donors (Lipinski definition) is 1. The Bertz CT molecular complexity index is 522. The van der Waals surface area contributed by atoms with Gasteiger partial charge in [-0.05, 0) is 32.8 Å². The van der Waals surface area contributed by atoms with Gasteiger partial charge in [-0.1, -0.05) is 30.3 Å². The van der Waals surface area contributed by atoms with Crippen LogP contribution in [0.2, 0.25) is 0 Å². The van der Waals surface area contributed by atoms with E-state index < -0.39 is 23.7 Å². The molecule has 0 aliphatic rings. The number of nitrogens with one attached hydrogen (secondary N) is 1. The normalized spacial score (nSPS) is 12.1. The summed E-state index contributed by atoms with van der Waals surface area (Å²) in [6, 6.07) is 8.28. The SMILES string of the molecule is CC(C)(C)OC(=O)N[C@@H](CCC=O)C(=O)OCc1ccccc1. The number of amides is 1. The predicted octanol–water partition coefficient (Wildman–Crippen LogP) is 2.60. The Labute approximate surface area is 136 Å². The molecular formula is C17H23NO5. The Morgan fingerprint density at radius 2 is 1.87 bits per heavy atom. The van der Waals surface area contributed by atoms with Crippen LogP contribution in [0.1, 0.15) is 39.2 Å². The lowest BCUT2D eigenvalue weighted by Crippen LogP contribution is -2.44. The van der Waals surface area contributed by atoms with Crippen LogP contribution in [0.5, 0.6) is 0 Å². The highest BCUT2D eigenvalue weighted by molar-refractivity contribution is 5.81. The van der Waals surface area contributed by atoms with Crippen molar-refractivity contribution in [3.8, 4) is 0 Å². The van der Waals surface area contributed by atoms with Gasteiger partial charge in [-0.2, -0.15) is 0 Å². The summed E-state index contributed by atoms with van der Waals surface area (Å²) in [7, 11) is 0.